The van der Waals surface area contributed by atoms with E-state index in [1.54, 1.807) is 16.7 Å². The van der Waals surface area contributed by atoms with E-state index in [1.165, 1.54) is 38.5 Å². The first-order valence-corrected chi connectivity index (χ1v) is 6.16. The first-order valence-electron chi connectivity index (χ1n) is 6.16. The minimum absolute atomic E-state index is 0.350. The summed E-state index contributed by atoms with van der Waals surface area (Å²) >= 11 is 0. The lowest BCUT2D eigenvalue weighted by Crippen LogP contribution is -2.27. The van der Waals surface area contributed by atoms with Gasteiger partial charge in [-0.1, -0.05) is 18.2 Å². The number of benzene rings is 1. The fourth-order valence-corrected chi connectivity index (χ4v) is 3.01. The minimum atomic E-state index is 0.350. The summed E-state index contributed by atoms with van der Waals surface area (Å²) in [5, 5.41) is 3.52. The number of fused-ring (bicyclic) bond motifs is 1. The largest absolute Gasteiger partial charge is 0.310 e. The van der Waals surface area contributed by atoms with Crippen molar-refractivity contribution in [2.24, 2.45) is 0 Å². The van der Waals surface area contributed by atoms with Gasteiger partial charge in [-0.05, 0) is 62.3 Å². The van der Waals surface area contributed by atoms with Crippen molar-refractivity contribution in [3.05, 3.63) is 34.9 Å². The molecule has 1 nitrogen and oxygen atoms in total. The Morgan fingerprint density at radius 3 is 2.67 bits per heavy atom. The molecule has 0 aromatic heterocycles. The summed E-state index contributed by atoms with van der Waals surface area (Å²) in [7, 11) is 2.11. The molecule has 0 aliphatic heterocycles. The molecule has 15 heavy (non-hydrogen) atoms. The van der Waals surface area contributed by atoms with Crippen LogP contribution < -0.4 is 5.32 Å². The normalized spacial score (nSPS) is 22.2. The van der Waals surface area contributed by atoms with E-state index >= 15 is 0 Å². The molecule has 1 aromatic carbocycles. The lowest BCUT2D eigenvalue weighted by molar-refractivity contribution is 0.567. The zero-order valence-corrected chi connectivity index (χ0v) is 9.47. The summed E-state index contributed by atoms with van der Waals surface area (Å²) < 4.78 is 0. The average Bonchev–Trinajstić information content (AvgIpc) is 3.09. The van der Waals surface area contributed by atoms with Gasteiger partial charge in [0.05, 0.1) is 0 Å². The van der Waals surface area contributed by atoms with E-state index < -0.39 is 0 Å². The number of nitrogens with one attached hydrogen (secondary N) is 1. The minimum Gasteiger partial charge on any atom is -0.310 e. The Balaban J connectivity index is 2.08. The van der Waals surface area contributed by atoms with E-state index in [2.05, 4.69) is 30.6 Å². The van der Waals surface area contributed by atoms with E-state index in [0.29, 0.717) is 5.54 Å². The Kier molecular flexibility index (Phi) is 2.10. The van der Waals surface area contributed by atoms with Crippen LogP contribution in [0.15, 0.2) is 18.2 Å². The van der Waals surface area contributed by atoms with Gasteiger partial charge in [0.25, 0.3) is 0 Å². The van der Waals surface area contributed by atoms with Gasteiger partial charge in [0.15, 0.2) is 0 Å². The zero-order chi connectivity index (χ0) is 10.3. The lowest BCUT2D eigenvalue weighted by Gasteiger charge is -2.24. The predicted octanol–water partition coefficient (Wildman–Crippen LogP) is 2.77. The highest BCUT2D eigenvalue weighted by atomic mass is 15.0. The number of rotatable bonds is 2. The highest BCUT2D eigenvalue weighted by Gasteiger charge is 2.44. The fraction of sp³-hybridized carbons (Fsp3) is 0.571. The van der Waals surface area contributed by atoms with Crippen LogP contribution in [0.5, 0.6) is 0 Å². The third kappa shape index (κ3) is 1.41. The molecule has 2 aliphatic rings. The monoisotopic (exact) mass is 201 g/mol. The molecule has 0 heterocycles. The predicted molar refractivity (Wildman–Crippen MR) is 63.1 cm³/mol. The zero-order valence-electron chi connectivity index (χ0n) is 9.47. The van der Waals surface area contributed by atoms with Crippen molar-refractivity contribution in [3.8, 4) is 0 Å². The van der Waals surface area contributed by atoms with Crippen LogP contribution in [-0.2, 0) is 18.4 Å². The topological polar surface area (TPSA) is 12.0 Å². The van der Waals surface area contributed by atoms with Gasteiger partial charge in [0.1, 0.15) is 0 Å². The number of hydrogen-bond acceptors (Lipinski definition) is 1. The number of hydrogen-bond donors (Lipinski definition) is 1. The quantitative estimate of drug-likeness (QED) is 0.776. The van der Waals surface area contributed by atoms with Crippen LogP contribution >= 0.6 is 0 Å². The molecular formula is C14H19N. The molecular weight excluding hydrogens is 182 g/mol. The van der Waals surface area contributed by atoms with Crippen LogP contribution in [0.3, 0.4) is 0 Å². The van der Waals surface area contributed by atoms with Crippen LogP contribution in [0.2, 0.25) is 0 Å². The van der Waals surface area contributed by atoms with Gasteiger partial charge in [-0.15, -0.1) is 0 Å². The van der Waals surface area contributed by atoms with Crippen LogP contribution in [0.1, 0.15) is 42.4 Å². The Labute approximate surface area is 91.9 Å². The van der Waals surface area contributed by atoms with Crippen LogP contribution in [0.4, 0.5) is 0 Å². The molecule has 0 unspecified atom stereocenters. The van der Waals surface area contributed by atoms with Crippen molar-refractivity contribution in [3.63, 3.8) is 0 Å². The molecule has 0 atom stereocenters. The van der Waals surface area contributed by atoms with Gasteiger partial charge in [0, 0.05) is 5.54 Å². The second kappa shape index (κ2) is 3.34. The van der Waals surface area contributed by atoms with Crippen LogP contribution in [-0.4, -0.2) is 7.05 Å². The summed E-state index contributed by atoms with van der Waals surface area (Å²) in [4.78, 5) is 0. The van der Waals surface area contributed by atoms with Crippen LogP contribution in [0.25, 0.3) is 0 Å². The molecule has 3 rings (SSSR count). The molecule has 0 bridgehead atoms. The van der Waals surface area contributed by atoms with E-state index in [-0.39, 0.29) is 0 Å². The smallest absolute Gasteiger partial charge is 0.0436 e. The summed E-state index contributed by atoms with van der Waals surface area (Å²) in [6.45, 7) is 0. The molecule has 0 amide bonds. The highest BCUT2D eigenvalue weighted by molar-refractivity contribution is 5.43. The average molecular weight is 201 g/mol. The van der Waals surface area contributed by atoms with Crippen molar-refractivity contribution in [1.82, 2.24) is 5.32 Å². The van der Waals surface area contributed by atoms with Gasteiger partial charge >= 0.3 is 0 Å². The van der Waals surface area contributed by atoms with Gasteiger partial charge in [-0.25, -0.2) is 0 Å². The van der Waals surface area contributed by atoms with Crippen molar-refractivity contribution in [2.75, 3.05) is 7.05 Å². The third-order valence-corrected chi connectivity index (χ3v) is 4.14. The third-order valence-electron chi connectivity index (χ3n) is 4.14. The maximum Gasteiger partial charge on any atom is 0.0436 e. The molecule has 1 saturated carbocycles. The molecule has 0 spiro atoms. The second-order valence-electron chi connectivity index (χ2n) is 4.98. The Bertz CT molecular complexity index is 377. The summed E-state index contributed by atoms with van der Waals surface area (Å²) in [6.07, 6.45) is 7.99. The lowest BCUT2D eigenvalue weighted by atomic mass is 9.85. The standard InChI is InChI=1S/C14H19N/c1-15-14(9-10-14)13-8-4-6-11-5-2-3-7-12(11)13/h4,6,8,15H,2-3,5,7,9-10H2,1H3. The molecule has 2 aliphatic carbocycles. The Hall–Kier alpha value is -0.820. The van der Waals surface area contributed by atoms with Gasteiger partial charge < -0.3 is 5.32 Å². The van der Waals surface area contributed by atoms with Gasteiger partial charge in [-0.2, -0.15) is 0 Å². The first-order chi connectivity index (χ1) is 7.36. The molecule has 1 aromatic rings. The second-order valence-corrected chi connectivity index (χ2v) is 4.98. The van der Waals surface area contributed by atoms with Gasteiger partial charge in [0.2, 0.25) is 0 Å². The highest BCUT2D eigenvalue weighted by Crippen LogP contribution is 2.47. The van der Waals surface area contributed by atoms with Crippen molar-refractivity contribution >= 4 is 0 Å². The Morgan fingerprint density at radius 1 is 1.13 bits per heavy atom. The summed E-state index contributed by atoms with van der Waals surface area (Å²) in [6, 6.07) is 6.91. The van der Waals surface area contributed by atoms with E-state index in [9.17, 15) is 0 Å². The van der Waals surface area contributed by atoms with E-state index in [1.807, 2.05) is 0 Å². The van der Waals surface area contributed by atoms with E-state index in [0.717, 1.165) is 0 Å². The van der Waals surface area contributed by atoms with Crippen molar-refractivity contribution in [2.45, 2.75) is 44.1 Å². The first kappa shape index (κ1) is 9.41. The maximum absolute atomic E-state index is 3.52. The Morgan fingerprint density at radius 2 is 1.93 bits per heavy atom. The molecule has 1 heteroatoms. The fourth-order valence-electron chi connectivity index (χ4n) is 3.01. The maximum atomic E-state index is 3.52. The molecule has 1 N–H and O–H groups in total. The molecule has 1 fully saturated rings. The van der Waals surface area contributed by atoms with Gasteiger partial charge in [-0.3, -0.25) is 0 Å². The van der Waals surface area contributed by atoms with E-state index in [4.69, 9.17) is 0 Å². The van der Waals surface area contributed by atoms with Crippen LogP contribution in [0, 0.1) is 0 Å². The van der Waals surface area contributed by atoms with Crippen molar-refractivity contribution < 1.29 is 0 Å². The SMILES string of the molecule is CNC1(c2cccc3c2CCCC3)CC1. The summed E-state index contributed by atoms with van der Waals surface area (Å²) in [5.74, 6) is 0. The van der Waals surface area contributed by atoms with Crippen molar-refractivity contribution in [1.29, 1.82) is 0 Å². The molecule has 80 valence electrons. The molecule has 0 saturated heterocycles. The summed E-state index contributed by atoms with van der Waals surface area (Å²) in [5.41, 5.74) is 5.22. The molecule has 0 radical (unpaired) electrons. The number of aryl methyl sites for hydroxylation is 1.